The zero-order valence-corrected chi connectivity index (χ0v) is 15.9. The van der Waals surface area contributed by atoms with Crippen LogP contribution in [0.1, 0.15) is 51.0 Å². The Morgan fingerprint density at radius 1 is 1.15 bits per heavy atom. The Balaban J connectivity index is 1.51. The highest BCUT2D eigenvalue weighted by molar-refractivity contribution is 5.87. The highest BCUT2D eigenvalue weighted by Crippen LogP contribution is 2.21. The Morgan fingerprint density at radius 3 is 2.59 bits per heavy atom. The van der Waals surface area contributed by atoms with Crippen LogP contribution in [-0.2, 0) is 21.1 Å². The van der Waals surface area contributed by atoms with Crippen molar-refractivity contribution < 1.29 is 19.3 Å². The van der Waals surface area contributed by atoms with Crippen molar-refractivity contribution in [1.29, 1.82) is 0 Å². The van der Waals surface area contributed by atoms with Gasteiger partial charge >= 0.3 is 6.03 Å². The third-order valence-electron chi connectivity index (χ3n) is 5.19. The molecule has 1 aromatic carbocycles. The average molecular weight is 375 g/mol. The molecule has 0 unspecified atom stereocenters. The van der Waals surface area contributed by atoms with Crippen LogP contribution in [0.15, 0.2) is 30.3 Å². The molecule has 1 aliphatic carbocycles. The second-order valence-corrected chi connectivity index (χ2v) is 7.08. The molecule has 0 radical (unpaired) electrons. The molecule has 1 saturated heterocycles. The Bertz CT molecular complexity index is 619. The first-order valence-electron chi connectivity index (χ1n) is 9.89. The second-order valence-electron chi connectivity index (χ2n) is 7.08. The molecule has 0 bridgehead atoms. The van der Waals surface area contributed by atoms with Crippen molar-refractivity contribution in [2.45, 2.75) is 64.2 Å². The maximum atomic E-state index is 12.7. The normalized spacial score (nSPS) is 21.4. The number of hydrogen-bond donors (Lipinski definition) is 1. The first-order chi connectivity index (χ1) is 13.2. The number of likely N-dealkylation sites (N-methyl/N-ethyl adjacent to an activating group) is 1. The summed E-state index contributed by atoms with van der Waals surface area (Å²) in [7, 11) is 0. The van der Waals surface area contributed by atoms with E-state index >= 15 is 0 Å². The molecule has 7 heteroatoms. The lowest BCUT2D eigenvalue weighted by Crippen LogP contribution is -2.59. The van der Waals surface area contributed by atoms with Gasteiger partial charge in [-0.05, 0) is 31.7 Å². The Kier molecular flexibility index (Phi) is 7.06. The van der Waals surface area contributed by atoms with Gasteiger partial charge in [-0.2, -0.15) is 0 Å². The number of rotatable bonds is 7. The number of nitrogens with zero attached hydrogens (tertiary/aromatic N) is 2. The molecule has 1 heterocycles. The fourth-order valence-electron chi connectivity index (χ4n) is 3.63. The number of hydroxylamine groups is 3. The molecule has 1 saturated carbocycles. The summed E-state index contributed by atoms with van der Waals surface area (Å²) in [6.45, 7) is 3.00. The minimum Gasteiger partial charge on any atom is -0.311 e. The van der Waals surface area contributed by atoms with Gasteiger partial charge in [0.2, 0.25) is 0 Å². The summed E-state index contributed by atoms with van der Waals surface area (Å²) >= 11 is 0. The van der Waals surface area contributed by atoms with Crippen molar-refractivity contribution in [3.05, 3.63) is 35.9 Å². The molecule has 1 aliphatic heterocycles. The van der Waals surface area contributed by atoms with Crippen LogP contribution < -0.4 is 5.48 Å². The maximum Gasteiger partial charge on any atom is 0.344 e. The van der Waals surface area contributed by atoms with Crippen molar-refractivity contribution in [1.82, 2.24) is 15.4 Å². The smallest absolute Gasteiger partial charge is 0.311 e. The summed E-state index contributed by atoms with van der Waals surface area (Å²) in [5, 5.41) is 1.35. The molecule has 27 heavy (non-hydrogen) atoms. The summed E-state index contributed by atoms with van der Waals surface area (Å²) in [5.41, 5.74) is 3.58. The molecule has 1 aromatic rings. The van der Waals surface area contributed by atoms with E-state index in [1.54, 1.807) is 0 Å². The van der Waals surface area contributed by atoms with E-state index in [2.05, 4.69) is 5.48 Å². The van der Waals surface area contributed by atoms with Crippen LogP contribution in [-0.4, -0.2) is 47.1 Å². The van der Waals surface area contributed by atoms with Gasteiger partial charge < -0.3 is 4.90 Å². The van der Waals surface area contributed by atoms with E-state index < -0.39 is 6.04 Å². The van der Waals surface area contributed by atoms with Crippen molar-refractivity contribution in [3.63, 3.8) is 0 Å². The van der Waals surface area contributed by atoms with Gasteiger partial charge in [0.1, 0.15) is 12.6 Å². The van der Waals surface area contributed by atoms with Crippen molar-refractivity contribution in [2.75, 3.05) is 13.1 Å². The quantitative estimate of drug-likeness (QED) is 0.744. The average Bonchev–Trinajstić information content (AvgIpc) is 2.72. The highest BCUT2D eigenvalue weighted by atomic mass is 16.7. The zero-order valence-electron chi connectivity index (χ0n) is 15.9. The van der Waals surface area contributed by atoms with Gasteiger partial charge in [-0.1, -0.05) is 49.6 Å². The van der Waals surface area contributed by atoms with E-state index in [1.165, 1.54) is 16.4 Å². The number of benzene rings is 1. The van der Waals surface area contributed by atoms with Crippen LogP contribution in [0.25, 0.3) is 0 Å². The van der Waals surface area contributed by atoms with Crippen LogP contribution in [0, 0.1) is 0 Å². The molecule has 2 aliphatic rings. The van der Waals surface area contributed by atoms with Crippen LogP contribution in [0.2, 0.25) is 0 Å². The van der Waals surface area contributed by atoms with E-state index in [9.17, 15) is 9.59 Å². The molecule has 3 rings (SSSR count). The fraction of sp³-hybridized carbons (Fsp3) is 0.600. The van der Waals surface area contributed by atoms with Gasteiger partial charge in [0.05, 0.1) is 12.6 Å². The van der Waals surface area contributed by atoms with E-state index in [0.29, 0.717) is 26.1 Å². The first kappa shape index (κ1) is 19.6. The minimum absolute atomic E-state index is 0.0859. The zero-order chi connectivity index (χ0) is 19.1. The Labute approximate surface area is 160 Å². The van der Waals surface area contributed by atoms with Crippen molar-refractivity contribution >= 4 is 11.9 Å². The van der Waals surface area contributed by atoms with Gasteiger partial charge in [-0.25, -0.2) is 15.3 Å². The summed E-state index contributed by atoms with van der Waals surface area (Å²) in [6.07, 6.45) is 6.05. The fourth-order valence-corrected chi connectivity index (χ4v) is 3.63. The van der Waals surface area contributed by atoms with Crippen molar-refractivity contribution in [2.24, 2.45) is 0 Å². The molecule has 0 spiro atoms. The largest absolute Gasteiger partial charge is 0.344 e. The van der Waals surface area contributed by atoms with Gasteiger partial charge in [0.25, 0.3) is 5.91 Å². The van der Waals surface area contributed by atoms with E-state index in [0.717, 1.165) is 31.2 Å². The van der Waals surface area contributed by atoms with Gasteiger partial charge in [-0.3, -0.25) is 14.5 Å². The summed E-state index contributed by atoms with van der Waals surface area (Å²) in [5.74, 6) is -0.251. The monoisotopic (exact) mass is 375 g/mol. The van der Waals surface area contributed by atoms with Gasteiger partial charge in [0, 0.05) is 6.54 Å². The maximum absolute atomic E-state index is 12.7. The minimum atomic E-state index is -0.525. The number of amides is 3. The lowest BCUT2D eigenvalue weighted by molar-refractivity contribution is -0.164. The lowest BCUT2D eigenvalue weighted by atomic mass is 9.98. The molecule has 148 valence electrons. The van der Waals surface area contributed by atoms with Gasteiger partial charge in [0.15, 0.2) is 0 Å². The predicted octanol–water partition coefficient (Wildman–Crippen LogP) is 3.01. The number of urea groups is 1. The summed E-state index contributed by atoms with van der Waals surface area (Å²) in [4.78, 5) is 38.0. The number of carbonyl (C=O) groups is 2. The van der Waals surface area contributed by atoms with Crippen LogP contribution >= 0.6 is 0 Å². The topological polar surface area (TPSA) is 71.1 Å². The first-order valence-corrected chi connectivity index (χ1v) is 9.89. The third-order valence-corrected chi connectivity index (χ3v) is 5.19. The predicted molar refractivity (Wildman–Crippen MR) is 100 cm³/mol. The molecule has 3 amide bonds. The summed E-state index contributed by atoms with van der Waals surface area (Å²) in [6, 6.07) is 8.90. The van der Waals surface area contributed by atoms with E-state index in [1.807, 2.05) is 37.3 Å². The van der Waals surface area contributed by atoms with Gasteiger partial charge in [-0.15, -0.1) is 0 Å². The lowest BCUT2D eigenvalue weighted by Gasteiger charge is -2.39. The summed E-state index contributed by atoms with van der Waals surface area (Å²) < 4.78 is 0. The molecule has 0 aromatic heterocycles. The third kappa shape index (κ3) is 5.20. The van der Waals surface area contributed by atoms with Crippen molar-refractivity contribution in [3.8, 4) is 0 Å². The molecule has 7 nitrogen and oxygen atoms in total. The highest BCUT2D eigenvalue weighted by Gasteiger charge is 2.37. The SMILES string of the molecule is CCN1C(=O)N(OCc2ccccc2)CC[C@H]1C(=O)NOC1CCCCC1. The molecule has 1 N–H and O–H groups in total. The van der Waals surface area contributed by atoms with E-state index in [-0.39, 0.29) is 18.0 Å². The molecular weight excluding hydrogens is 346 g/mol. The number of hydrogen-bond acceptors (Lipinski definition) is 4. The van der Waals surface area contributed by atoms with Crippen LogP contribution in [0.5, 0.6) is 0 Å². The standard InChI is InChI=1S/C20H29N3O4/c1-2-22-18(19(24)21-27-17-11-7-4-8-12-17)13-14-23(20(22)25)26-15-16-9-5-3-6-10-16/h3,5-6,9-10,17-18H,2,4,7-8,11-15H2,1H3,(H,21,24)/t18-/m0/s1. The molecule has 1 atom stereocenters. The van der Waals surface area contributed by atoms with E-state index in [4.69, 9.17) is 9.68 Å². The number of carbonyl (C=O) groups excluding carboxylic acids is 2. The second kappa shape index (κ2) is 9.71. The van der Waals surface area contributed by atoms with Crippen LogP contribution in [0.4, 0.5) is 4.79 Å². The molecule has 2 fully saturated rings. The molecular formula is C20H29N3O4. The Morgan fingerprint density at radius 2 is 1.89 bits per heavy atom. The van der Waals surface area contributed by atoms with Crippen LogP contribution in [0.3, 0.4) is 0 Å². The number of nitrogens with one attached hydrogen (secondary N) is 1. The Hall–Kier alpha value is -2.12.